The minimum Gasteiger partial charge on any atom is -0.481 e. The van der Waals surface area contributed by atoms with Crippen molar-refractivity contribution in [2.75, 3.05) is 5.32 Å². The van der Waals surface area contributed by atoms with E-state index < -0.39 is 12.0 Å². The summed E-state index contributed by atoms with van der Waals surface area (Å²) in [7, 11) is 0. The van der Waals surface area contributed by atoms with Crippen LogP contribution in [0.5, 0.6) is 5.75 Å². The Morgan fingerprint density at radius 3 is 2.48 bits per heavy atom. The number of nitrogens with two attached hydrogens (primary N) is 1. The Bertz CT molecular complexity index is 741. The first-order valence-corrected chi connectivity index (χ1v) is 7.32. The first-order chi connectivity index (χ1) is 10.9. The Kier molecular flexibility index (Phi) is 5.01. The molecule has 120 valence electrons. The molecule has 0 radical (unpaired) electrons. The molecule has 2 rings (SSSR count). The van der Waals surface area contributed by atoms with Crippen LogP contribution in [-0.4, -0.2) is 17.9 Å². The van der Waals surface area contributed by atoms with Gasteiger partial charge in [0.2, 0.25) is 0 Å². The predicted molar refractivity (Wildman–Crippen MR) is 89.6 cm³/mol. The molecule has 23 heavy (non-hydrogen) atoms. The molecule has 0 saturated carbocycles. The molecular weight excluding hydrogens is 292 g/mol. The summed E-state index contributed by atoms with van der Waals surface area (Å²) in [6.45, 7) is 5.57. The Balaban J connectivity index is 2.10. The summed E-state index contributed by atoms with van der Waals surface area (Å²) in [6.07, 6.45) is -0.711. The highest BCUT2D eigenvalue weighted by Crippen LogP contribution is 2.21. The SMILES string of the molecule is Cc1ccc(O[C@@H](C)C(=O)Nc2ccccc2C(N)=O)c(C)c1. The Morgan fingerprint density at radius 1 is 1.13 bits per heavy atom. The molecule has 2 amide bonds. The topological polar surface area (TPSA) is 81.4 Å². The number of anilines is 1. The van der Waals surface area contributed by atoms with Gasteiger partial charge in [-0.2, -0.15) is 0 Å². The van der Waals surface area contributed by atoms with Gasteiger partial charge in [0, 0.05) is 0 Å². The molecule has 0 aliphatic heterocycles. The van der Waals surface area contributed by atoms with E-state index in [1.165, 1.54) is 0 Å². The van der Waals surface area contributed by atoms with Crippen LogP contribution in [0.15, 0.2) is 42.5 Å². The molecule has 3 N–H and O–H groups in total. The van der Waals surface area contributed by atoms with E-state index in [0.29, 0.717) is 11.4 Å². The average Bonchev–Trinajstić information content (AvgIpc) is 2.50. The van der Waals surface area contributed by atoms with Crippen LogP contribution < -0.4 is 15.8 Å². The third-order valence-corrected chi connectivity index (χ3v) is 3.45. The van der Waals surface area contributed by atoms with Gasteiger partial charge >= 0.3 is 0 Å². The molecule has 0 aliphatic carbocycles. The smallest absolute Gasteiger partial charge is 0.265 e. The van der Waals surface area contributed by atoms with Gasteiger partial charge in [-0.1, -0.05) is 29.8 Å². The summed E-state index contributed by atoms with van der Waals surface area (Å²) in [4.78, 5) is 23.7. The van der Waals surface area contributed by atoms with Crippen LogP contribution in [-0.2, 0) is 4.79 Å². The van der Waals surface area contributed by atoms with Crippen LogP contribution in [0.4, 0.5) is 5.69 Å². The van der Waals surface area contributed by atoms with Crippen LogP contribution >= 0.6 is 0 Å². The zero-order chi connectivity index (χ0) is 17.0. The van der Waals surface area contributed by atoms with Crippen LogP contribution in [0.1, 0.15) is 28.4 Å². The van der Waals surface area contributed by atoms with Crippen molar-refractivity contribution >= 4 is 17.5 Å². The number of nitrogens with one attached hydrogen (secondary N) is 1. The molecule has 5 nitrogen and oxygen atoms in total. The Morgan fingerprint density at radius 2 is 1.83 bits per heavy atom. The molecular formula is C18H20N2O3. The highest BCUT2D eigenvalue weighted by Gasteiger charge is 2.18. The number of hydrogen-bond donors (Lipinski definition) is 2. The second-order valence-electron chi connectivity index (χ2n) is 5.43. The summed E-state index contributed by atoms with van der Waals surface area (Å²) in [6, 6.07) is 12.3. The Hall–Kier alpha value is -2.82. The van der Waals surface area contributed by atoms with Crippen LogP contribution in [0.3, 0.4) is 0 Å². The number of amides is 2. The van der Waals surface area contributed by atoms with E-state index in [0.717, 1.165) is 11.1 Å². The number of para-hydroxylation sites is 1. The van der Waals surface area contributed by atoms with E-state index in [1.807, 2.05) is 32.0 Å². The number of hydrogen-bond acceptors (Lipinski definition) is 3. The van der Waals surface area contributed by atoms with Crippen molar-refractivity contribution in [1.82, 2.24) is 0 Å². The molecule has 1 atom stereocenters. The largest absolute Gasteiger partial charge is 0.481 e. The van der Waals surface area contributed by atoms with Gasteiger partial charge in [-0.05, 0) is 44.5 Å². The van der Waals surface area contributed by atoms with Gasteiger partial charge in [0.05, 0.1) is 11.3 Å². The monoisotopic (exact) mass is 312 g/mol. The van der Waals surface area contributed by atoms with Crippen molar-refractivity contribution in [2.45, 2.75) is 26.9 Å². The second kappa shape index (κ2) is 6.96. The van der Waals surface area contributed by atoms with Gasteiger partial charge < -0.3 is 15.8 Å². The summed E-state index contributed by atoms with van der Waals surface area (Å²) in [5.74, 6) is -0.288. The zero-order valence-corrected chi connectivity index (χ0v) is 13.4. The van der Waals surface area contributed by atoms with E-state index in [2.05, 4.69) is 5.32 Å². The number of aryl methyl sites for hydroxylation is 2. The minimum atomic E-state index is -0.711. The third kappa shape index (κ3) is 4.10. The molecule has 0 aliphatic rings. The number of carbonyl (C=O) groups is 2. The number of benzene rings is 2. The van der Waals surface area contributed by atoms with Crippen LogP contribution in [0.25, 0.3) is 0 Å². The molecule has 2 aromatic rings. The fourth-order valence-corrected chi connectivity index (χ4v) is 2.22. The molecule has 5 heteroatoms. The molecule has 0 saturated heterocycles. The standard InChI is InChI=1S/C18H20N2O3/c1-11-8-9-16(12(2)10-11)23-13(3)18(22)20-15-7-5-4-6-14(15)17(19)21/h4-10,13H,1-3H3,(H2,19,21)(H,20,22)/t13-/m0/s1. The van der Waals surface area contributed by atoms with Crippen LogP contribution in [0, 0.1) is 13.8 Å². The maximum atomic E-state index is 12.3. The third-order valence-electron chi connectivity index (χ3n) is 3.45. The number of ether oxygens (including phenoxy) is 1. The van der Waals surface area contributed by atoms with Gasteiger partial charge in [0.25, 0.3) is 11.8 Å². The van der Waals surface area contributed by atoms with E-state index in [9.17, 15) is 9.59 Å². The lowest BCUT2D eigenvalue weighted by Gasteiger charge is -2.17. The maximum Gasteiger partial charge on any atom is 0.265 e. The molecule has 0 aromatic heterocycles. The van der Waals surface area contributed by atoms with Crippen molar-refractivity contribution in [3.63, 3.8) is 0 Å². The normalized spacial score (nSPS) is 11.6. The number of primary amides is 1. The lowest BCUT2D eigenvalue weighted by molar-refractivity contribution is -0.122. The summed E-state index contributed by atoms with van der Waals surface area (Å²) in [5, 5.41) is 2.68. The molecule has 0 unspecified atom stereocenters. The van der Waals surface area contributed by atoms with E-state index in [4.69, 9.17) is 10.5 Å². The van der Waals surface area contributed by atoms with Gasteiger partial charge in [0.15, 0.2) is 6.10 Å². The van der Waals surface area contributed by atoms with E-state index >= 15 is 0 Å². The first kappa shape index (κ1) is 16.5. The fourth-order valence-electron chi connectivity index (χ4n) is 2.22. The number of rotatable bonds is 5. The average molecular weight is 312 g/mol. The maximum absolute atomic E-state index is 12.3. The van der Waals surface area contributed by atoms with Gasteiger partial charge in [0.1, 0.15) is 5.75 Å². The molecule has 0 spiro atoms. The van der Waals surface area contributed by atoms with Gasteiger partial charge in [-0.25, -0.2) is 0 Å². The highest BCUT2D eigenvalue weighted by atomic mass is 16.5. The zero-order valence-electron chi connectivity index (χ0n) is 13.4. The van der Waals surface area contributed by atoms with Gasteiger partial charge in [-0.3, -0.25) is 9.59 Å². The summed E-state index contributed by atoms with van der Waals surface area (Å²) >= 11 is 0. The van der Waals surface area contributed by atoms with E-state index in [1.54, 1.807) is 31.2 Å². The summed E-state index contributed by atoms with van der Waals surface area (Å²) in [5.41, 5.74) is 8.03. The second-order valence-corrected chi connectivity index (χ2v) is 5.43. The quantitative estimate of drug-likeness (QED) is 0.890. The minimum absolute atomic E-state index is 0.263. The Labute approximate surface area is 135 Å². The van der Waals surface area contributed by atoms with Crippen molar-refractivity contribution in [1.29, 1.82) is 0 Å². The van der Waals surface area contributed by atoms with Gasteiger partial charge in [-0.15, -0.1) is 0 Å². The number of carbonyl (C=O) groups excluding carboxylic acids is 2. The fraction of sp³-hybridized carbons (Fsp3) is 0.222. The van der Waals surface area contributed by atoms with Crippen molar-refractivity contribution in [3.05, 3.63) is 59.2 Å². The first-order valence-electron chi connectivity index (χ1n) is 7.32. The lowest BCUT2D eigenvalue weighted by atomic mass is 10.1. The van der Waals surface area contributed by atoms with E-state index in [-0.39, 0.29) is 11.5 Å². The molecule has 0 heterocycles. The van der Waals surface area contributed by atoms with Crippen molar-refractivity contribution in [3.8, 4) is 5.75 Å². The predicted octanol–water partition coefficient (Wildman–Crippen LogP) is 2.81. The molecule has 2 aromatic carbocycles. The van der Waals surface area contributed by atoms with Crippen LogP contribution in [0.2, 0.25) is 0 Å². The van der Waals surface area contributed by atoms with Crippen molar-refractivity contribution in [2.24, 2.45) is 5.73 Å². The van der Waals surface area contributed by atoms with Crippen molar-refractivity contribution < 1.29 is 14.3 Å². The summed E-state index contributed by atoms with van der Waals surface area (Å²) < 4.78 is 5.71. The molecule has 0 fully saturated rings. The lowest BCUT2D eigenvalue weighted by Crippen LogP contribution is -2.31. The highest BCUT2D eigenvalue weighted by molar-refractivity contribution is 6.03. The molecule has 0 bridgehead atoms.